The number of alkyl halides is 1. The molecular formula is C21H43IO2. The first-order chi connectivity index (χ1) is 11.9. The number of hydrogen-bond donors (Lipinski definition) is 0. The van der Waals surface area contributed by atoms with Crippen LogP contribution in [0.1, 0.15) is 103 Å². The van der Waals surface area contributed by atoms with Gasteiger partial charge in [0, 0.05) is 13.2 Å². The molecule has 0 aromatic rings. The summed E-state index contributed by atoms with van der Waals surface area (Å²) in [5.41, 5.74) is 0. The van der Waals surface area contributed by atoms with E-state index in [9.17, 15) is 0 Å². The van der Waals surface area contributed by atoms with Crippen molar-refractivity contribution in [3.63, 3.8) is 0 Å². The minimum Gasteiger partial charge on any atom is -0.379 e. The molecule has 0 rings (SSSR count). The lowest BCUT2D eigenvalue weighted by atomic mass is 10.1. The molecule has 0 saturated carbocycles. The Kier molecular flexibility index (Phi) is 24.3. The van der Waals surface area contributed by atoms with Gasteiger partial charge in [-0.05, 0) is 23.7 Å². The first-order valence-corrected chi connectivity index (χ1v) is 12.2. The van der Waals surface area contributed by atoms with Gasteiger partial charge < -0.3 is 9.47 Å². The van der Waals surface area contributed by atoms with E-state index in [1.165, 1.54) is 101 Å². The molecule has 0 aliphatic rings. The second-order valence-electron chi connectivity index (χ2n) is 6.86. The fourth-order valence-corrected chi connectivity index (χ4v) is 3.38. The summed E-state index contributed by atoms with van der Waals surface area (Å²) in [6, 6.07) is 0. The zero-order valence-corrected chi connectivity index (χ0v) is 18.5. The van der Waals surface area contributed by atoms with Gasteiger partial charge in [-0.15, -0.1) is 0 Å². The Balaban J connectivity index is 2.93. The average Bonchev–Trinajstić information content (AvgIpc) is 2.60. The van der Waals surface area contributed by atoms with Gasteiger partial charge in [-0.1, -0.05) is 107 Å². The average molecular weight is 454 g/mol. The largest absolute Gasteiger partial charge is 0.379 e. The van der Waals surface area contributed by atoms with Crippen LogP contribution in [0.25, 0.3) is 0 Å². The molecule has 0 N–H and O–H groups in total. The monoisotopic (exact) mass is 454 g/mol. The standard InChI is InChI=1S/C21H43IO2/c1-2-3-4-5-6-7-8-9-10-12-15-18-23-20-21-24-19-16-13-11-14-17-22/h2-21H2,1H3. The van der Waals surface area contributed by atoms with Gasteiger partial charge in [0.05, 0.1) is 13.2 Å². The van der Waals surface area contributed by atoms with E-state index in [-0.39, 0.29) is 0 Å². The molecule has 0 aliphatic heterocycles. The van der Waals surface area contributed by atoms with Gasteiger partial charge in [0.15, 0.2) is 0 Å². The van der Waals surface area contributed by atoms with Crippen molar-refractivity contribution in [3.05, 3.63) is 0 Å². The molecule has 0 fully saturated rings. The highest BCUT2D eigenvalue weighted by atomic mass is 127. The van der Waals surface area contributed by atoms with Crippen molar-refractivity contribution in [3.8, 4) is 0 Å². The van der Waals surface area contributed by atoms with Gasteiger partial charge in [-0.2, -0.15) is 0 Å². The Morgan fingerprint density at radius 3 is 1.25 bits per heavy atom. The van der Waals surface area contributed by atoms with Gasteiger partial charge in [-0.25, -0.2) is 0 Å². The summed E-state index contributed by atoms with van der Waals surface area (Å²) in [5.74, 6) is 0. The Hall–Kier alpha value is 0.650. The van der Waals surface area contributed by atoms with Crippen molar-refractivity contribution < 1.29 is 9.47 Å². The highest BCUT2D eigenvalue weighted by molar-refractivity contribution is 14.1. The van der Waals surface area contributed by atoms with Crippen LogP contribution < -0.4 is 0 Å². The van der Waals surface area contributed by atoms with Crippen LogP contribution in [-0.4, -0.2) is 30.9 Å². The number of hydrogen-bond acceptors (Lipinski definition) is 2. The van der Waals surface area contributed by atoms with Crippen LogP contribution in [0.5, 0.6) is 0 Å². The zero-order valence-electron chi connectivity index (χ0n) is 16.3. The van der Waals surface area contributed by atoms with Crippen molar-refractivity contribution in [2.45, 2.75) is 103 Å². The third-order valence-electron chi connectivity index (χ3n) is 4.44. The third-order valence-corrected chi connectivity index (χ3v) is 5.20. The Morgan fingerprint density at radius 1 is 0.458 bits per heavy atom. The van der Waals surface area contributed by atoms with Crippen LogP contribution in [0.3, 0.4) is 0 Å². The molecule has 0 spiro atoms. The molecule has 3 heteroatoms. The lowest BCUT2D eigenvalue weighted by molar-refractivity contribution is 0.0449. The summed E-state index contributed by atoms with van der Waals surface area (Å²) in [5, 5.41) is 0. The maximum absolute atomic E-state index is 5.64. The van der Waals surface area contributed by atoms with Crippen LogP contribution in [0.15, 0.2) is 0 Å². The lowest BCUT2D eigenvalue weighted by Crippen LogP contribution is -2.06. The summed E-state index contributed by atoms with van der Waals surface area (Å²) in [6.45, 7) is 5.64. The molecule has 0 atom stereocenters. The summed E-state index contributed by atoms with van der Waals surface area (Å²) in [7, 11) is 0. The van der Waals surface area contributed by atoms with Gasteiger partial charge >= 0.3 is 0 Å². The van der Waals surface area contributed by atoms with Crippen LogP contribution in [-0.2, 0) is 9.47 Å². The number of unbranched alkanes of at least 4 members (excludes halogenated alkanes) is 13. The van der Waals surface area contributed by atoms with E-state index < -0.39 is 0 Å². The molecule has 0 aromatic carbocycles. The molecule has 24 heavy (non-hydrogen) atoms. The van der Waals surface area contributed by atoms with Gasteiger partial charge in [0.25, 0.3) is 0 Å². The predicted octanol–water partition coefficient (Wildman–Crippen LogP) is 7.33. The quantitative estimate of drug-likeness (QED) is 0.103. The van der Waals surface area contributed by atoms with Crippen molar-refractivity contribution in [1.82, 2.24) is 0 Å². The molecule has 0 radical (unpaired) electrons. The summed E-state index contributed by atoms with van der Waals surface area (Å²) in [6.07, 6.45) is 20.5. The van der Waals surface area contributed by atoms with Crippen molar-refractivity contribution >= 4 is 22.6 Å². The zero-order chi connectivity index (χ0) is 17.6. The molecule has 0 aliphatic carbocycles. The Morgan fingerprint density at radius 2 is 0.833 bits per heavy atom. The Bertz CT molecular complexity index is 190. The number of ether oxygens (including phenoxy) is 2. The smallest absolute Gasteiger partial charge is 0.0700 e. The second kappa shape index (κ2) is 23.6. The van der Waals surface area contributed by atoms with Crippen molar-refractivity contribution in [2.24, 2.45) is 0 Å². The van der Waals surface area contributed by atoms with E-state index in [1.54, 1.807) is 0 Å². The molecule has 2 nitrogen and oxygen atoms in total. The second-order valence-corrected chi connectivity index (χ2v) is 7.94. The van der Waals surface area contributed by atoms with Gasteiger partial charge in [0.1, 0.15) is 0 Å². The maximum Gasteiger partial charge on any atom is 0.0700 e. The van der Waals surface area contributed by atoms with Crippen molar-refractivity contribution in [2.75, 3.05) is 30.9 Å². The van der Waals surface area contributed by atoms with Crippen LogP contribution in [0.4, 0.5) is 0 Å². The molecular weight excluding hydrogens is 411 g/mol. The first kappa shape index (κ1) is 24.7. The first-order valence-electron chi connectivity index (χ1n) is 10.6. The molecule has 0 saturated heterocycles. The van der Waals surface area contributed by atoms with Gasteiger partial charge in [-0.3, -0.25) is 0 Å². The minimum atomic E-state index is 0.768. The lowest BCUT2D eigenvalue weighted by Gasteiger charge is -2.06. The van der Waals surface area contributed by atoms with Gasteiger partial charge in [0.2, 0.25) is 0 Å². The highest BCUT2D eigenvalue weighted by Gasteiger charge is 1.94. The molecule has 0 heterocycles. The third kappa shape index (κ3) is 22.6. The number of rotatable bonds is 21. The molecule has 0 aromatic heterocycles. The molecule has 0 unspecified atom stereocenters. The fourth-order valence-electron chi connectivity index (χ4n) is 2.84. The van der Waals surface area contributed by atoms with E-state index in [0.717, 1.165) is 26.4 Å². The topological polar surface area (TPSA) is 18.5 Å². The number of halogens is 1. The fraction of sp³-hybridized carbons (Fsp3) is 1.00. The van der Waals surface area contributed by atoms with Crippen LogP contribution in [0.2, 0.25) is 0 Å². The highest BCUT2D eigenvalue weighted by Crippen LogP contribution is 2.11. The van der Waals surface area contributed by atoms with Crippen LogP contribution in [0, 0.1) is 0 Å². The summed E-state index contributed by atoms with van der Waals surface area (Å²) < 4.78 is 12.5. The van der Waals surface area contributed by atoms with Crippen LogP contribution >= 0.6 is 22.6 Å². The van der Waals surface area contributed by atoms with E-state index in [2.05, 4.69) is 29.5 Å². The molecule has 146 valence electrons. The normalized spacial score (nSPS) is 11.2. The van der Waals surface area contributed by atoms with E-state index in [0.29, 0.717) is 0 Å². The SMILES string of the molecule is CCCCCCCCCCCCCOCCOCCCCCCI. The molecule has 0 amide bonds. The molecule has 0 bridgehead atoms. The van der Waals surface area contributed by atoms with E-state index in [1.807, 2.05) is 0 Å². The predicted molar refractivity (Wildman–Crippen MR) is 115 cm³/mol. The summed E-state index contributed by atoms with van der Waals surface area (Å²) in [4.78, 5) is 0. The minimum absolute atomic E-state index is 0.768. The maximum atomic E-state index is 5.64. The van der Waals surface area contributed by atoms with E-state index >= 15 is 0 Å². The Labute approximate surface area is 166 Å². The van der Waals surface area contributed by atoms with E-state index in [4.69, 9.17) is 9.47 Å². The van der Waals surface area contributed by atoms with Crippen molar-refractivity contribution in [1.29, 1.82) is 0 Å². The summed E-state index contributed by atoms with van der Waals surface area (Å²) >= 11 is 2.45.